The number of allylic oxidation sites excluding steroid dienone is 4. The summed E-state index contributed by atoms with van der Waals surface area (Å²) in [5, 5.41) is 33.7. The van der Waals surface area contributed by atoms with Gasteiger partial charge >= 0.3 is 0 Å². The molecule has 0 aromatic carbocycles. The summed E-state index contributed by atoms with van der Waals surface area (Å²) in [6.07, 6.45) is 75.1. The third-order valence-electron chi connectivity index (χ3n) is 14.8. The van der Waals surface area contributed by atoms with Crippen LogP contribution in [-0.4, -0.2) is 46.1 Å². The maximum atomic E-state index is 12.6. The number of aliphatic hydroxyl groups excluding tert-OH is 3. The Morgan fingerprint density at radius 1 is 0.368 bits per heavy atom. The van der Waals surface area contributed by atoms with Crippen LogP contribution in [0.4, 0.5) is 0 Å². The molecule has 0 aliphatic carbocycles. The van der Waals surface area contributed by atoms with Crippen LogP contribution in [-0.2, 0) is 4.79 Å². The van der Waals surface area contributed by atoms with E-state index in [9.17, 15) is 20.1 Å². The zero-order valence-electron chi connectivity index (χ0n) is 46.3. The van der Waals surface area contributed by atoms with Crippen molar-refractivity contribution in [3.05, 3.63) is 24.3 Å². The molecule has 5 heteroatoms. The Morgan fingerprint density at radius 3 is 0.926 bits per heavy atom. The summed E-state index contributed by atoms with van der Waals surface area (Å²) >= 11 is 0. The number of carbonyl (C=O) groups excluding carboxylic acids is 1. The van der Waals surface area contributed by atoms with E-state index in [1.54, 1.807) is 0 Å². The Labute approximate surface area is 426 Å². The Hall–Kier alpha value is -1.17. The fraction of sp³-hybridized carbons (Fsp3) is 0.921. The molecule has 0 radical (unpaired) electrons. The van der Waals surface area contributed by atoms with Crippen LogP contribution in [0.15, 0.2) is 24.3 Å². The molecule has 4 N–H and O–H groups in total. The molecule has 0 aliphatic rings. The van der Waals surface area contributed by atoms with E-state index in [0.717, 1.165) is 32.1 Å². The first-order valence-electron chi connectivity index (χ1n) is 31.1. The van der Waals surface area contributed by atoms with E-state index in [1.165, 1.54) is 283 Å². The molecule has 0 aromatic rings. The summed E-state index contributed by atoms with van der Waals surface area (Å²) in [5.41, 5.74) is 0. The lowest BCUT2D eigenvalue weighted by Gasteiger charge is -2.23. The summed E-state index contributed by atoms with van der Waals surface area (Å²) in [5.74, 6) is -0.277. The Kier molecular flexibility index (Phi) is 57.4. The highest BCUT2D eigenvalue weighted by atomic mass is 16.3. The van der Waals surface area contributed by atoms with Gasteiger partial charge in [-0.15, -0.1) is 0 Å². The fourth-order valence-corrected chi connectivity index (χ4v) is 10.0. The Morgan fingerprint density at radius 2 is 0.632 bits per heavy atom. The van der Waals surface area contributed by atoms with E-state index in [4.69, 9.17) is 0 Å². The van der Waals surface area contributed by atoms with E-state index in [0.29, 0.717) is 12.8 Å². The zero-order valence-corrected chi connectivity index (χ0v) is 46.3. The Balaban J connectivity index is 3.47. The number of amides is 1. The van der Waals surface area contributed by atoms with Crippen LogP contribution in [0.5, 0.6) is 0 Å². The van der Waals surface area contributed by atoms with E-state index in [-0.39, 0.29) is 18.9 Å². The van der Waals surface area contributed by atoms with Gasteiger partial charge in [-0.2, -0.15) is 0 Å². The highest BCUT2D eigenvalue weighted by Gasteiger charge is 2.21. The monoisotopic (exact) mass is 958 g/mol. The van der Waals surface area contributed by atoms with Crippen LogP contribution in [0.25, 0.3) is 0 Å². The standard InChI is InChI=1S/C63H123NO4/c1-3-5-7-9-11-13-15-17-19-21-23-24-25-26-27-28-29-30-31-32-33-34-35-36-37-38-39-40-42-44-46-48-50-52-54-56-60(66)58-63(68)64-61(59-65)62(67)57-55-53-51-49-47-45-43-41-22-20-18-16-14-12-10-8-6-4-2/h27-28,30-31,60-62,65-67H,3-26,29,32-59H2,1-2H3,(H,64,68)/b28-27-,31-30-. The molecule has 0 bridgehead atoms. The number of aliphatic hydroxyl groups is 3. The van der Waals surface area contributed by atoms with Gasteiger partial charge in [0, 0.05) is 0 Å². The molecule has 0 heterocycles. The molecule has 404 valence electrons. The van der Waals surface area contributed by atoms with Gasteiger partial charge in [-0.3, -0.25) is 4.79 Å². The average molecular weight is 959 g/mol. The van der Waals surface area contributed by atoms with Crippen molar-refractivity contribution in [3.63, 3.8) is 0 Å². The quantitative estimate of drug-likeness (QED) is 0.0361. The molecule has 0 saturated heterocycles. The normalized spacial score (nSPS) is 13.3. The molecule has 5 nitrogen and oxygen atoms in total. The largest absolute Gasteiger partial charge is 0.394 e. The molecule has 1 amide bonds. The highest BCUT2D eigenvalue weighted by molar-refractivity contribution is 5.76. The van der Waals surface area contributed by atoms with E-state index >= 15 is 0 Å². The van der Waals surface area contributed by atoms with Crippen LogP contribution in [0.1, 0.15) is 348 Å². The van der Waals surface area contributed by atoms with Gasteiger partial charge in [0.05, 0.1) is 31.3 Å². The summed E-state index contributed by atoms with van der Waals surface area (Å²) in [6, 6.07) is -0.658. The molecule has 0 fully saturated rings. The molecule has 0 aliphatic heterocycles. The molecular weight excluding hydrogens is 835 g/mol. The molecule has 0 rings (SSSR count). The second-order valence-electron chi connectivity index (χ2n) is 21.7. The van der Waals surface area contributed by atoms with Gasteiger partial charge in [0.15, 0.2) is 0 Å². The minimum atomic E-state index is -0.748. The first kappa shape index (κ1) is 66.8. The van der Waals surface area contributed by atoms with Crippen molar-refractivity contribution in [3.8, 4) is 0 Å². The van der Waals surface area contributed by atoms with Crippen LogP contribution >= 0.6 is 0 Å². The lowest BCUT2D eigenvalue weighted by atomic mass is 10.0. The predicted octanol–water partition coefficient (Wildman–Crippen LogP) is 19.6. The van der Waals surface area contributed by atoms with Gasteiger partial charge in [-0.05, 0) is 44.9 Å². The third-order valence-corrected chi connectivity index (χ3v) is 14.8. The molecule has 0 aromatic heterocycles. The van der Waals surface area contributed by atoms with E-state index in [2.05, 4.69) is 43.5 Å². The van der Waals surface area contributed by atoms with Crippen molar-refractivity contribution in [2.75, 3.05) is 6.61 Å². The first-order chi connectivity index (χ1) is 33.5. The first-order valence-corrected chi connectivity index (χ1v) is 31.1. The minimum absolute atomic E-state index is 0.0395. The topological polar surface area (TPSA) is 89.8 Å². The second-order valence-corrected chi connectivity index (χ2v) is 21.7. The lowest BCUT2D eigenvalue weighted by molar-refractivity contribution is -0.125. The Bertz CT molecular complexity index is 1010. The summed E-state index contributed by atoms with van der Waals surface area (Å²) < 4.78 is 0. The summed E-state index contributed by atoms with van der Waals surface area (Å²) in [4.78, 5) is 12.6. The van der Waals surface area contributed by atoms with Crippen molar-refractivity contribution in [2.45, 2.75) is 366 Å². The molecule has 68 heavy (non-hydrogen) atoms. The SMILES string of the molecule is CCCCCCCCCCCCCCC/C=C\C/C=C\CCCCCCCCCCCCCCCCCC(O)CC(=O)NC(CO)C(O)CCCCCCCCCCCCCCCCCCCC. The van der Waals surface area contributed by atoms with Crippen molar-refractivity contribution in [1.82, 2.24) is 5.32 Å². The van der Waals surface area contributed by atoms with Gasteiger partial charge in [-0.25, -0.2) is 0 Å². The van der Waals surface area contributed by atoms with Gasteiger partial charge < -0.3 is 20.6 Å². The summed E-state index contributed by atoms with van der Waals surface area (Å²) in [7, 11) is 0. The van der Waals surface area contributed by atoms with Crippen LogP contribution in [0.2, 0.25) is 0 Å². The van der Waals surface area contributed by atoms with E-state index < -0.39 is 18.2 Å². The van der Waals surface area contributed by atoms with Crippen LogP contribution < -0.4 is 5.32 Å². The number of hydrogen-bond donors (Lipinski definition) is 4. The number of nitrogens with one attached hydrogen (secondary N) is 1. The maximum absolute atomic E-state index is 12.6. The maximum Gasteiger partial charge on any atom is 0.222 e. The molecule has 0 spiro atoms. The molecule has 0 saturated carbocycles. The second kappa shape index (κ2) is 58.4. The number of hydrogen-bond acceptors (Lipinski definition) is 4. The van der Waals surface area contributed by atoms with Crippen LogP contribution in [0.3, 0.4) is 0 Å². The highest BCUT2D eigenvalue weighted by Crippen LogP contribution is 2.18. The summed E-state index contributed by atoms with van der Waals surface area (Å²) in [6.45, 7) is 4.30. The van der Waals surface area contributed by atoms with Gasteiger partial charge in [0.2, 0.25) is 5.91 Å². The van der Waals surface area contributed by atoms with Gasteiger partial charge in [-0.1, -0.05) is 321 Å². The number of unbranched alkanes of at least 4 members (excludes halogenated alkanes) is 45. The van der Waals surface area contributed by atoms with Gasteiger partial charge in [0.1, 0.15) is 0 Å². The van der Waals surface area contributed by atoms with Crippen molar-refractivity contribution in [1.29, 1.82) is 0 Å². The smallest absolute Gasteiger partial charge is 0.222 e. The van der Waals surface area contributed by atoms with Crippen LogP contribution in [0, 0.1) is 0 Å². The fourth-order valence-electron chi connectivity index (χ4n) is 10.0. The van der Waals surface area contributed by atoms with Crippen molar-refractivity contribution < 1.29 is 20.1 Å². The zero-order chi connectivity index (χ0) is 49.3. The number of rotatable bonds is 58. The third kappa shape index (κ3) is 54.2. The average Bonchev–Trinajstić information content (AvgIpc) is 3.33. The molecule has 3 unspecified atom stereocenters. The molecule has 3 atom stereocenters. The van der Waals surface area contributed by atoms with Crippen molar-refractivity contribution >= 4 is 5.91 Å². The minimum Gasteiger partial charge on any atom is -0.394 e. The van der Waals surface area contributed by atoms with Gasteiger partial charge in [0.25, 0.3) is 0 Å². The number of carbonyl (C=O) groups is 1. The molecular formula is C63H123NO4. The predicted molar refractivity (Wildman–Crippen MR) is 301 cm³/mol. The van der Waals surface area contributed by atoms with E-state index in [1.807, 2.05) is 0 Å². The lowest BCUT2D eigenvalue weighted by Crippen LogP contribution is -2.46. The van der Waals surface area contributed by atoms with Crippen molar-refractivity contribution in [2.24, 2.45) is 0 Å².